The van der Waals surface area contributed by atoms with E-state index in [0.717, 1.165) is 5.56 Å². The van der Waals surface area contributed by atoms with Crippen LogP contribution in [0.15, 0.2) is 24.4 Å². The number of pyridine rings is 1. The summed E-state index contributed by atoms with van der Waals surface area (Å²) >= 11 is 5.66. The van der Waals surface area contributed by atoms with Gasteiger partial charge in [0.05, 0.1) is 5.69 Å². The Morgan fingerprint density at radius 2 is 2.25 bits per heavy atom. The van der Waals surface area contributed by atoms with Gasteiger partial charge in [0.25, 0.3) is 0 Å². The normalized spacial score (nSPS) is 10.4. The zero-order valence-corrected chi connectivity index (χ0v) is 9.14. The highest BCUT2D eigenvalue weighted by Gasteiger charge is 2.12. The summed E-state index contributed by atoms with van der Waals surface area (Å²) in [5.41, 5.74) is 1.42. The van der Waals surface area contributed by atoms with Crippen molar-refractivity contribution >= 4 is 17.6 Å². The smallest absolute Gasteiger partial charge is 0.354 e. The Morgan fingerprint density at radius 3 is 2.75 bits per heavy atom. The fraction of sp³-hybridized carbons (Fsp3) is 0.100. The van der Waals surface area contributed by atoms with Crippen LogP contribution in [0.4, 0.5) is 0 Å². The minimum absolute atomic E-state index is 0.130. The lowest BCUT2D eigenvalue weighted by Crippen LogP contribution is -2.04. The molecule has 5 nitrogen and oxygen atoms in total. The van der Waals surface area contributed by atoms with Crippen LogP contribution in [-0.2, 0) is 7.05 Å². The van der Waals surface area contributed by atoms with E-state index >= 15 is 0 Å². The molecule has 0 bridgehead atoms. The Labute approximate surface area is 96.3 Å². The first kappa shape index (κ1) is 10.6. The maximum Gasteiger partial charge on any atom is 0.354 e. The summed E-state index contributed by atoms with van der Waals surface area (Å²) in [6.45, 7) is 0. The molecule has 2 rings (SSSR count). The van der Waals surface area contributed by atoms with Crippen molar-refractivity contribution < 1.29 is 9.90 Å². The molecule has 0 aliphatic carbocycles. The number of carbonyl (C=O) groups is 1. The van der Waals surface area contributed by atoms with Crippen molar-refractivity contribution in [3.63, 3.8) is 0 Å². The first-order chi connectivity index (χ1) is 7.58. The Balaban J connectivity index is 2.45. The van der Waals surface area contributed by atoms with Crippen LogP contribution >= 0.6 is 11.6 Å². The monoisotopic (exact) mass is 237 g/mol. The van der Waals surface area contributed by atoms with E-state index in [1.807, 2.05) is 0 Å². The van der Waals surface area contributed by atoms with Gasteiger partial charge in [-0.1, -0.05) is 11.6 Å². The summed E-state index contributed by atoms with van der Waals surface area (Å²) < 4.78 is 1.31. The van der Waals surface area contributed by atoms with E-state index in [1.165, 1.54) is 10.7 Å². The molecule has 0 saturated carbocycles. The summed E-state index contributed by atoms with van der Waals surface area (Å²) in [5, 5.41) is 13.3. The zero-order valence-electron chi connectivity index (χ0n) is 8.38. The number of rotatable bonds is 2. The predicted octanol–water partition coefficient (Wildman–Crippen LogP) is 1.83. The molecular formula is C10H8ClN3O2. The predicted molar refractivity (Wildman–Crippen MR) is 58.4 cm³/mol. The highest BCUT2D eigenvalue weighted by Crippen LogP contribution is 2.19. The second-order valence-corrected chi connectivity index (χ2v) is 3.60. The molecule has 6 heteroatoms. The van der Waals surface area contributed by atoms with Gasteiger partial charge in [-0.05, 0) is 18.2 Å². The van der Waals surface area contributed by atoms with Crippen LogP contribution in [-0.4, -0.2) is 25.8 Å². The number of carboxylic acids is 1. The van der Waals surface area contributed by atoms with E-state index in [1.54, 1.807) is 25.4 Å². The van der Waals surface area contributed by atoms with Crippen molar-refractivity contribution in [3.05, 3.63) is 35.2 Å². The average Bonchev–Trinajstić information content (AvgIpc) is 2.61. The second kappa shape index (κ2) is 3.94. The molecule has 0 aliphatic rings. The third-order valence-corrected chi connectivity index (χ3v) is 2.35. The zero-order chi connectivity index (χ0) is 11.7. The van der Waals surface area contributed by atoms with Gasteiger partial charge in [-0.3, -0.25) is 4.68 Å². The molecule has 16 heavy (non-hydrogen) atoms. The number of aromatic carboxylic acids is 1. The van der Waals surface area contributed by atoms with E-state index in [4.69, 9.17) is 16.7 Å². The van der Waals surface area contributed by atoms with Gasteiger partial charge in [0.2, 0.25) is 0 Å². The molecule has 0 aliphatic heterocycles. The van der Waals surface area contributed by atoms with Crippen LogP contribution in [0, 0.1) is 0 Å². The van der Waals surface area contributed by atoms with Crippen molar-refractivity contribution in [2.45, 2.75) is 0 Å². The minimum atomic E-state index is -1.01. The molecule has 1 N–H and O–H groups in total. The number of nitrogens with zero attached hydrogens (tertiary/aromatic N) is 3. The van der Waals surface area contributed by atoms with Gasteiger partial charge in [0, 0.05) is 18.8 Å². The number of hydrogen-bond donors (Lipinski definition) is 1. The van der Waals surface area contributed by atoms with Crippen LogP contribution in [0.2, 0.25) is 5.15 Å². The maximum atomic E-state index is 10.8. The van der Waals surface area contributed by atoms with E-state index in [9.17, 15) is 4.79 Å². The molecule has 0 amide bonds. The molecule has 0 unspecified atom stereocenters. The molecule has 2 aromatic rings. The van der Waals surface area contributed by atoms with E-state index in [0.29, 0.717) is 10.8 Å². The first-order valence-corrected chi connectivity index (χ1v) is 4.85. The molecule has 0 saturated heterocycles. The summed E-state index contributed by atoms with van der Waals surface area (Å²) in [4.78, 5) is 14.7. The van der Waals surface area contributed by atoms with Crippen molar-refractivity contribution in [2.75, 3.05) is 0 Å². The SMILES string of the molecule is Cn1nc(-c2ccc(Cl)nc2)cc1C(=O)O. The highest BCUT2D eigenvalue weighted by atomic mass is 35.5. The number of halogens is 1. The Kier molecular flexibility index (Phi) is 2.62. The molecule has 82 valence electrons. The molecular weight excluding hydrogens is 230 g/mol. The summed E-state index contributed by atoms with van der Waals surface area (Å²) in [7, 11) is 1.58. The van der Waals surface area contributed by atoms with E-state index in [-0.39, 0.29) is 5.69 Å². The fourth-order valence-corrected chi connectivity index (χ4v) is 1.45. The van der Waals surface area contributed by atoms with E-state index < -0.39 is 5.97 Å². The quantitative estimate of drug-likeness (QED) is 0.810. The van der Waals surface area contributed by atoms with Gasteiger partial charge >= 0.3 is 5.97 Å². The Bertz CT molecular complexity index is 533. The topological polar surface area (TPSA) is 68.0 Å². The molecule has 2 heterocycles. The van der Waals surface area contributed by atoms with E-state index in [2.05, 4.69) is 10.1 Å². The molecule has 0 radical (unpaired) electrons. The molecule has 0 atom stereocenters. The van der Waals surface area contributed by atoms with Gasteiger partial charge in [-0.15, -0.1) is 0 Å². The molecule has 0 aromatic carbocycles. The van der Waals surface area contributed by atoms with Crippen LogP contribution < -0.4 is 0 Å². The highest BCUT2D eigenvalue weighted by molar-refractivity contribution is 6.29. The van der Waals surface area contributed by atoms with Crippen molar-refractivity contribution in [1.82, 2.24) is 14.8 Å². The number of hydrogen-bond acceptors (Lipinski definition) is 3. The third kappa shape index (κ3) is 1.90. The maximum absolute atomic E-state index is 10.8. The fourth-order valence-electron chi connectivity index (χ4n) is 1.34. The Hall–Kier alpha value is -1.88. The summed E-state index contributed by atoms with van der Waals surface area (Å²) in [6.07, 6.45) is 1.55. The summed E-state index contributed by atoms with van der Waals surface area (Å²) in [6, 6.07) is 4.86. The average molecular weight is 238 g/mol. The van der Waals surface area contributed by atoms with Crippen molar-refractivity contribution in [1.29, 1.82) is 0 Å². The minimum Gasteiger partial charge on any atom is -0.477 e. The number of aryl methyl sites for hydroxylation is 1. The van der Waals surface area contributed by atoms with Crippen LogP contribution in [0.3, 0.4) is 0 Å². The largest absolute Gasteiger partial charge is 0.477 e. The van der Waals surface area contributed by atoms with Gasteiger partial charge < -0.3 is 5.11 Å². The second-order valence-electron chi connectivity index (χ2n) is 3.21. The van der Waals surface area contributed by atoms with Crippen molar-refractivity contribution in [3.8, 4) is 11.3 Å². The number of aromatic nitrogens is 3. The van der Waals surface area contributed by atoms with Gasteiger partial charge in [-0.25, -0.2) is 9.78 Å². The molecule has 2 aromatic heterocycles. The lowest BCUT2D eigenvalue weighted by Gasteiger charge is -1.94. The standard InChI is InChI=1S/C10H8ClN3O2/c1-14-8(10(15)16)4-7(13-14)6-2-3-9(11)12-5-6/h2-5H,1H3,(H,15,16). The molecule has 0 spiro atoms. The van der Waals surface area contributed by atoms with Gasteiger partial charge in [0.15, 0.2) is 0 Å². The lowest BCUT2D eigenvalue weighted by molar-refractivity contribution is 0.0685. The van der Waals surface area contributed by atoms with Crippen LogP contribution in [0.5, 0.6) is 0 Å². The first-order valence-electron chi connectivity index (χ1n) is 4.47. The van der Waals surface area contributed by atoms with Crippen molar-refractivity contribution in [2.24, 2.45) is 7.05 Å². The third-order valence-electron chi connectivity index (χ3n) is 2.12. The van der Waals surface area contributed by atoms with Gasteiger partial charge in [-0.2, -0.15) is 5.10 Å². The molecule has 0 fully saturated rings. The lowest BCUT2D eigenvalue weighted by atomic mass is 10.2. The number of carboxylic acid groups (broad SMARTS) is 1. The van der Waals surface area contributed by atoms with Crippen LogP contribution in [0.25, 0.3) is 11.3 Å². The van der Waals surface area contributed by atoms with Gasteiger partial charge in [0.1, 0.15) is 10.8 Å². The van der Waals surface area contributed by atoms with Crippen LogP contribution in [0.1, 0.15) is 10.5 Å². The Morgan fingerprint density at radius 1 is 1.50 bits per heavy atom. The summed E-state index contributed by atoms with van der Waals surface area (Å²) in [5.74, 6) is -1.01.